The standard InChI is InChI=1S/C8H7BrN2O5S/c1-5(12)10-17(15,16)8-4-6(9)2-3-7(8)11(13)14/h2-4H,1H3,(H,10,12). The van der Waals surface area contributed by atoms with E-state index in [2.05, 4.69) is 15.9 Å². The van der Waals surface area contributed by atoms with Gasteiger partial charge in [-0.25, -0.2) is 13.1 Å². The fraction of sp³-hybridized carbons (Fsp3) is 0.125. The van der Waals surface area contributed by atoms with Gasteiger partial charge in [-0.1, -0.05) is 15.9 Å². The van der Waals surface area contributed by atoms with Crippen LogP contribution >= 0.6 is 15.9 Å². The first-order valence-corrected chi connectivity index (χ1v) is 6.49. The number of halogens is 1. The zero-order chi connectivity index (χ0) is 13.2. The van der Waals surface area contributed by atoms with Crippen LogP contribution in [0.25, 0.3) is 0 Å². The molecule has 0 radical (unpaired) electrons. The molecule has 1 aromatic carbocycles. The normalized spacial score (nSPS) is 10.9. The van der Waals surface area contributed by atoms with Crippen molar-refractivity contribution in [3.05, 3.63) is 32.8 Å². The molecule has 0 atom stereocenters. The van der Waals surface area contributed by atoms with Crippen LogP contribution < -0.4 is 4.72 Å². The van der Waals surface area contributed by atoms with Crippen molar-refractivity contribution in [3.8, 4) is 0 Å². The van der Waals surface area contributed by atoms with E-state index in [1.807, 2.05) is 0 Å². The second-order valence-electron chi connectivity index (χ2n) is 3.03. The number of carbonyl (C=O) groups is 1. The molecular weight excluding hydrogens is 316 g/mol. The number of sulfonamides is 1. The number of benzene rings is 1. The van der Waals surface area contributed by atoms with Gasteiger partial charge in [0, 0.05) is 17.5 Å². The van der Waals surface area contributed by atoms with Gasteiger partial charge in [-0.05, 0) is 12.1 Å². The molecule has 0 unspecified atom stereocenters. The van der Waals surface area contributed by atoms with Crippen LogP contribution in [0.3, 0.4) is 0 Å². The summed E-state index contributed by atoms with van der Waals surface area (Å²) < 4.78 is 25.3. The van der Waals surface area contributed by atoms with Crippen molar-refractivity contribution < 1.29 is 18.1 Å². The van der Waals surface area contributed by atoms with Crippen LogP contribution in [0.5, 0.6) is 0 Å². The maximum absolute atomic E-state index is 11.7. The van der Waals surface area contributed by atoms with E-state index in [1.54, 1.807) is 4.72 Å². The molecule has 1 N–H and O–H groups in total. The summed E-state index contributed by atoms with van der Waals surface area (Å²) in [6.07, 6.45) is 0. The van der Waals surface area contributed by atoms with Crippen molar-refractivity contribution in [3.63, 3.8) is 0 Å². The Morgan fingerprint density at radius 2 is 2.06 bits per heavy atom. The molecule has 1 amide bonds. The fourth-order valence-electron chi connectivity index (χ4n) is 1.10. The average Bonchev–Trinajstić information content (AvgIpc) is 2.14. The van der Waals surface area contributed by atoms with Gasteiger partial charge in [0.15, 0.2) is 4.90 Å². The molecule has 0 saturated carbocycles. The quantitative estimate of drug-likeness (QED) is 0.664. The molecule has 17 heavy (non-hydrogen) atoms. The number of nitrogens with zero attached hydrogens (tertiary/aromatic N) is 1. The van der Waals surface area contributed by atoms with Gasteiger partial charge in [0.1, 0.15) is 0 Å². The smallest absolute Gasteiger partial charge is 0.274 e. The van der Waals surface area contributed by atoms with Crippen molar-refractivity contribution in [2.24, 2.45) is 0 Å². The van der Waals surface area contributed by atoms with Crippen molar-refractivity contribution in [2.45, 2.75) is 11.8 Å². The second kappa shape index (κ2) is 4.80. The summed E-state index contributed by atoms with van der Waals surface area (Å²) in [5.41, 5.74) is -0.595. The molecule has 0 saturated heterocycles. The predicted octanol–water partition coefficient (Wildman–Crippen LogP) is 1.18. The minimum Gasteiger partial charge on any atom is -0.274 e. The maximum Gasteiger partial charge on any atom is 0.289 e. The third-order valence-electron chi connectivity index (χ3n) is 1.69. The molecule has 0 aliphatic rings. The number of carbonyl (C=O) groups excluding carboxylic acids is 1. The van der Waals surface area contributed by atoms with Crippen LogP contribution in [0, 0.1) is 10.1 Å². The molecule has 0 aromatic heterocycles. The highest BCUT2D eigenvalue weighted by atomic mass is 79.9. The van der Waals surface area contributed by atoms with E-state index in [-0.39, 0.29) is 0 Å². The summed E-state index contributed by atoms with van der Waals surface area (Å²) in [6, 6.07) is 3.44. The maximum atomic E-state index is 11.7. The lowest BCUT2D eigenvalue weighted by atomic mass is 10.3. The zero-order valence-corrected chi connectivity index (χ0v) is 10.9. The van der Waals surface area contributed by atoms with Crippen LogP contribution in [-0.4, -0.2) is 19.2 Å². The Labute approximate surface area is 105 Å². The molecule has 9 heteroatoms. The Hall–Kier alpha value is -1.48. The van der Waals surface area contributed by atoms with E-state index in [0.29, 0.717) is 4.47 Å². The molecule has 92 valence electrons. The van der Waals surface area contributed by atoms with E-state index < -0.39 is 31.4 Å². The Bertz CT molecular complexity index is 584. The van der Waals surface area contributed by atoms with Crippen LogP contribution in [0.1, 0.15) is 6.92 Å². The summed E-state index contributed by atoms with van der Waals surface area (Å²) >= 11 is 3.00. The van der Waals surface area contributed by atoms with Crippen molar-refractivity contribution >= 4 is 37.5 Å². The van der Waals surface area contributed by atoms with Gasteiger partial charge in [0.2, 0.25) is 5.91 Å². The highest BCUT2D eigenvalue weighted by molar-refractivity contribution is 9.10. The van der Waals surface area contributed by atoms with Crippen LogP contribution in [0.2, 0.25) is 0 Å². The van der Waals surface area contributed by atoms with Crippen LogP contribution in [0.15, 0.2) is 27.6 Å². The molecule has 0 heterocycles. The van der Waals surface area contributed by atoms with Crippen molar-refractivity contribution in [1.82, 2.24) is 4.72 Å². The molecule has 0 aliphatic heterocycles. The van der Waals surface area contributed by atoms with E-state index in [9.17, 15) is 23.3 Å². The van der Waals surface area contributed by atoms with E-state index in [1.165, 1.54) is 6.07 Å². The lowest BCUT2D eigenvalue weighted by Crippen LogP contribution is -2.28. The monoisotopic (exact) mass is 322 g/mol. The summed E-state index contributed by atoms with van der Waals surface area (Å²) in [7, 11) is -4.23. The first-order valence-electron chi connectivity index (χ1n) is 4.21. The van der Waals surface area contributed by atoms with Gasteiger partial charge >= 0.3 is 0 Å². The average molecular weight is 323 g/mol. The minimum absolute atomic E-state index is 0.354. The molecular formula is C8H7BrN2O5S. The third-order valence-corrected chi connectivity index (χ3v) is 3.64. The van der Waals surface area contributed by atoms with Crippen molar-refractivity contribution in [2.75, 3.05) is 0 Å². The van der Waals surface area contributed by atoms with Gasteiger partial charge in [0.05, 0.1) is 4.92 Å². The highest BCUT2D eigenvalue weighted by Crippen LogP contribution is 2.26. The molecule has 7 nitrogen and oxygen atoms in total. The van der Waals surface area contributed by atoms with Gasteiger partial charge in [0.25, 0.3) is 15.7 Å². The topological polar surface area (TPSA) is 106 Å². The molecule has 0 spiro atoms. The van der Waals surface area contributed by atoms with Crippen LogP contribution in [-0.2, 0) is 14.8 Å². The summed E-state index contributed by atoms with van der Waals surface area (Å²) in [6.45, 7) is 1.00. The van der Waals surface area contributed by atoms with Gasteiger partial charge in [-0.15, -0.1) is 0 Å². The molecule has 1 rings (SSSR count). The Morgan fingerprint density at radius 1 is 1.47 bits per heavy atom. The Morgan fingerprint density at radius 3 is 2.53 bits per heavy atom. The molecule has 1 aromatic rings. The number of nitrogens with one attached hydrogen (secondary N) is 1. The lowest BCUT2D eigenvalue weighted by Gasteiger charge is -2.05. The Balaban J connectivity index is 3.43. The first kappa shape index (κ1) is 13.6. The predicted molar refractivity (Wildman–Crippen MR) is 61.8 cm³/mol. The summed E-state index contributed by atoms with van der Waals surface area (Å²) in [5, 5.41) is 10.7. The van der Waals surface area contributed by atoms with Crippen LogP contribution in [0.4, 0.5) is 5.69 Å². The second-order valence-corrected chi connectivity index (χ2v) is 5.60. The number of rotatable bonds is 3. The first-order chi connectivity index (χ1) is 7.74. The van der Waals surface area contributed by atoms with Gasteiger partial charge < -0.3 is 0 Å². The van der Waals surface area contributed by atoms with Crippen molar-refractivity contribution in [1.29, 1.82) is 0 Å². The van der Waals surface area contributed by atoms with Gasteiger partial charge in [-0.2, -0.15) is 0 Å². The number of nitro groups is 1. The van der Waals surface area contributed by atoms with E-state index in [0.717, 1.165) is 19.1 Å². The number of hydrogen-bond acceptors (Lipinski definition) is 5. The van der Waals surface area contributed by atoms with E-state index >= 15 is 0 Å². The number of nitro benzene ring substituents is 1. The lowest BCUT2D eigenvalue weighted by molar-refractivity contribution is -0.387. The molecule has 0 fully saturated rings. The zero-order valence-electron chi connectivity index (χ0n) is 8.51. The summed E-state index contributed by atoms with van der Waals surface area (Å²) in [5.74, 6) is -0.820. The number of amides is 1. The molecule has 0 aliphatic carbocycles. The number of hydrogen-bond donors (Lipinski definition) is 1. The SMILES string of the molecule is CC(=O)NS(=O)(=O)c1cc(Br)ccc1[N+](=O)[O-]. The highest BCUT2D eigenvalue weighted by Gasteiger charge is 2.26. The van der Waals surface area contributed by atoms with Gasteiger partial charge in [-0.3, -0.25) is 14.9 Å². The fourth-order valence-corrected chi connectivity index (χ4v) is 2.80. The third kappa shape index (κ3) is 3.24. The Kier molecular flexibility index (Phi) is 3.83. The van der Waals surface area contributed by atoms with E-state index in [4.69, 9.17) is 0 Å². The summed E-state index contributed by atoms with van der Waals surface area (Å²) in [4.78, 5) is 20.0. The largest absolute Gasteiger partial charge is 0.289 e. The molecule has 0 bridgehead atoms. The minimum atomic E-state index is -4.23.